The van der Waals surface area contributed by atoms with E-state index in [-0.39, 0.29) is 17.3 Å². The molecule has 3 rings (SSSR count). The highest BCUT2D eigenvalue weighted by molar-refractivity contribution is 5.85. The number of ether oxygens (including phenoxy) is 1. The van der Waals surface area contributed by atoms with Gasteiger partial charge < -0.3 is 14.9 Å². The predicted molar refractivity (Wildman–Crippen MR) is 116 cm³/mol. The largest absolute Gasteiger partial charge is 0.505 e. The molecule has 30 heavy (non-hydrogen) atoms. The Bertz CT molecular complexity index is 1000. The summed E-state index contributed by atoms with van der Waals surface area (Å²) >= 11 is 0. The maximum Gasteiger partial charge on any atom is 0.328 e. The second kappa shape index (κ2) is 8.07. The molecule has 2 aromatic rings. The van der Waals surface area contributed by atoms with Crippen LogP contribution in [0.25, 0.3) is 12.2 Å². The molecule has 0 bridgehead atoms. The number of hydrogen-bond acceptors (Lipinski definition) is 3. The van der Waals surface area contributed by atoms with E-state index in [9.17, 15) is 14.3 Å². The van der Waals surface area contributed by atoms with E-state index in [1.807, 2.05) is 52.0 Å². The molecule has 1 atom stereocenters. The second-order valence-corrected chi connectivity index (χ2v) is 8.84. The van der Waals surface area contributed by atoms with Gasteiger partial charge in [-0.3, -0.25) is 0 Å². The van der Waals surface area contributed by atoms with Crippen LogP contribution in [0.15, 0.2) is 54.1 Å². The number of hydrogen-bond donors (Lipinski definition) is 2. The van der Waals surface area contributed by atoms with Gasteiger partial charge in [0, 0.05) is 12.0 Å². The van der Waals surface area contributed by atoms with Crippen molar-refractivity contribution >= 4 is 18.1 Å². The smallest absolute Gasteiger partial charge is 0.328 e. The van der Waals surface area contributed by atoms with Crippen molar-refractivity contribution < 1.29 is 24.1 Å². The number of rotatable bonds is 4. The molecule has 0 spiro atoms. The second-order valence-electron chi connectivity index (χ2n) is 8.84. The van der Waals surface area contributed by atoms with Crippen LogP contribution in [0.3, 0.4) is 0 Å². The third kappa shape index (κ3) is 4.97. The first kappa shape index (κ1) is 21.8. The molecule has 0 radical (unpaired) electrons. The predicted octanol–water partition coefficient (Wildman–Crippen LogP) is 5.77. The van der Waals surface area contributed by atoms with E-state index < -0.39 is 17.4 Å². The first-order valence-electron chi connectivity index (χ1n) is 9.87. The van der Waals surface area contributed by atoms with Crippen LogP contribution < -0.4 is 0 Å². The summed E-state index contributed by atoms with van der Waals surface area (Å²) in [7, 11) is 0. The number of phenolic OH excluding ortho intramolecular Hbond substituents is 1. The van der Waals surface area contributed by atoms with Gasteiger partial charge in [-0.25, -0.2) is 9.18 Å². The van der Waals surface area contributed by atoms with Gasteiger partial charge in [0.25, 0.3) is 0 Å². The Hall–Kier alpha value is -2.92. The zero-order valence-corrected chi connectivity index (χ0v) is 17.6. The minimum absolute atomic E-state index is 0.188. The average Bonchev–Trinajstić information content (AvgIpc) is 2.62. The maximum absolute atomic E-state index is 14.1. The van der Waals surface area contributed by atoms with Crippen molar-refractivity contribution in [1.29, 1.82) is 0 Å². The van der Waals surface area contributed by atoms with Gasteiger partial charge in [0.2, 0.25) is 0 Å². The fraction of sp³-hybridized carbons (Fsp3) is 0.320. The summed E-state index contributed by atoms with van der Waals surface area (Å²) < 4.78 is 20.5. The van der Waals surface area contributed by atoms with Crippen LogP contribution in [0, 0.1) is 5.82 Å². The maximum atomic E-state index is 14.1. The average molecular weight is 410 g/mol. The van der Waals surface area contributed by atoms with E-state index in [4.69, 9.17) is 9.84 Å². The van der Waals surface area contributed by atoms with Crippen LogP contribution in [0.2, 0.25) is 0 Å². The van der Waals surface area contributed by atoms with E-state index in [1.54, 1.807) is 12.1 Å². The Morgan fingerprint density at radius 3 is 2.33 bits per heavy atom. The molecule has 158 valence electrons. The molecule has 0 saturated carbocycles. The number of benzene rings is 2. The Kier molecular flexibility index (Phi) is 5.86. The van der Waals surface area contributed by atoms with Gasteiger partial charge in [-0.05, 0) is 69.0 Å². The molecular formula is C25H27FO4. The lowest BCUT2D eigenvalue weighted by molar-refractivity contribution is -0.149. The van der Waals surface area contributed by atoms with Crippen LogP contribution in [0.4, 0.5) is 4.39 Å². The number of carbonyl (C=O) groups is 1. The highest BCUT2D eigenvalue weighted by Crippen LogP contribution is 2.49. The third-order valence-corrected chi connectivity index (χ3v) is 5.25. The number of carboxylic acid groups (broad SMARTS) is 1. The minimum Gasteiger partial charge on any atom is -0.505 e. The van der Waals surface area contributed by atoms with Gasteiger partial charge in [-0.2, -0.15) is 0 Å². The Morgan fingerprint density at radius 2 is 1.73 bits per heavy atom. The summed E-state index contributed by atoms with van der Waals surface area (Å²) in [6.07, 6.45) is 5.41. The molecule has 1 saturated heterocycles. The van der Waals surface area contributed by atoms with E-state index in [0.717, 1.165) is 28.3 Å². The number of halogens is 1. The van der Waals surface area contributed by atoms with Crippen molar-refractivity contribution in [2.75, 3.05) is 0 Å². The SMILES string of the molecule is CC1(C)CC(=Cc2ccc(/C=C/C(=O)O)cc2)C(c2ccc(O)c(F)c2)C(C)(C)O1. The van der Waals surface area contributed by atoms with Gasteiger partial charge in [0.15, 0.2) is 11.6 Å². The topological polar surface area (TPSA) is 66.8 Å². The van der Waals surface area contributed by atoms with Crippen molar-refractivity contribution in [2.24, 2.45) is 0 Å². The van der Waals surface area contributed by atoms with E-state index in [2.05, 4.69) is 6.08 Å². The fourth-order valence-corrected chi connectivity index (χ4v) is 4.38. The van der Waals surface area contributed by atoms with E-state index in [0.29, 0.717) is 6.42 Å². The van der Waals surface area contributed by atoms with Crippen LogP contribution in [-0.2, 0) is 9.53 Å². The Balaban J connectivity index is 2.03. The lowest BCUT2D eigenvalue weighted by Gasteiger charge is -2.48. The van der Waals surface area contributed by atoms with Gasteiger partial charge in [0.05, 0.1) is 11.2 Å². The van der Waals surface area contributed by atoms with Gasteiger partial charge in [-0.15, -0.1) is 0 Å². The van der Waals surface area contributed by atoms with Gasteiger partial charge in [-0.1, -0.05) is 42.0 Å². The molecule has 2 N–H and O–H groups in total. The molecule has 1 fully saturated rings. The van der Waals surface area contributed by atoms with Crippen LogP contribution in [0.5, 0.6) is 5.75 Å². The Labute approximate surface area is 176 Å². The van der Waals surface area contributed by atoms with Gasteiger partial charge >= 0.3 is 5.97 Å². The molecular weight excluding hydrogens is 383 g/mol. The normalized spacial score (nSPS) is 21.8. The Morgan fingerprint density at radius 1 is 1.10 bits per heavy atom. The van der Waals surface area contributed by atoms with E-state index >= 15 is 0 Å². The molecule has 1 heterocycles. The van der Waals surface area contributed by atoms with Crippen molar-refractivity contribution in [3.63, 3.8) is 0 Å². The van der Waals surface area contributed by atoms with Crippen molar-refractivity contribution in [2.45, 2.75) is 51.2 Å². The van der Waals surface area contributed by atoms with E-state index in [1.165, 1.54) is 12.1 Å². The zero-order valence-electron chi connectivity index (χ0n) is 17.6. The van der Waals surface area contributed by atoms with Crippen molar-refractivity contribution in [1.82, 2.24) is 0 Å². The van der Waals surface area contributed by atoms with Crippen LogP contribution in [-0.4, -0.2) is 27.4 Å². The molecule has 0 aliphatic carbocycles. The first-order chi connectivity index (χ1) is 14.0. The lowest BCUT2D eigenvalue weighted by atomic mass is 9.72. The molecule has 1 aliphatic rings. The standard InChI is InChI=1S/C25H27FO4/c1-24(2)15-19(13-17-7-5-16(6-8-17)9-12-22(28)29)23(25(3,4)30-24)18-10-11-21(27)20(26)14-18/h5-14,23,27H,15H2,1-4H3,(H,28,29)/b12-9+,19-13?. The summed E-state index contributed by atoms with van der Waals surface area (Å²) in [5, 5.41) is 18.4. The first-order valence-corrected chi connectivity index (χ1v) is 9.87. The molecule has 0 aromatic heterocycles. The summed E-state index contributed by atoms with van der Waals surface area (Å²) in [6.45, 7) is 8.07. The number of aliphatic carboxylic acids is 1. The molecule has 4 nitrogen and oxygen atoms in total. The summed E-state index contributed by atoms with van der Waals surface area (Å²) in [5.41, 5.74) is 2.65. The van der Waals surface area contributed by atoms with Gasteiger partial charge in [0.1, 0.15) is 0 Å². The molecule has 1 aliphatic heterocycles. The summed E-state index contributed by atoms with van der Waals surface area (Å²) in [5.74, 6) is -2.20. The molecule has 5 heteroatoms. The zero-order chi connectivity index (χ0) is 22.1. The summed E-state index contributed by atoms with van der Waals surface area (Å²) in [4.78, 5) is 10.7. The quantitative estimate of drug-likeness (QED) is 0.628. The number of aromatic hydroxyl groups is 1. The summed E-state index contributed by atoms with van der Waals surface area (Å²) in [6, 6.07) is 12.1. The highest BCUT2D eigenvalue weighted by Gasteiger charge is 2.45. The van der Waals surface area contributed by atoms with Crippen LogP contribution in [0.1, 0.15) is 56.7 Å². The molecule has 1 unspecified atom stereocenters. The number of phenols is 1. The third-order valence-electron chi connectivity index (χ3n) is 5.25. The fourth-order valence-electron chi connectivity index (χ4n) is 4.38. The molecule has 0 amide bonds. The molecule has 2 aromatic carbocycles. The highest BCUT2D eigenvalue weighted by atomic mass is 19.1. The number of carboxylic acids is 1. The lowest BCUT2D eigenvalue weighted by Crippen LogP contribution is -2.47. The van der Waals surface area contributed by atoms with Crippen molar-refractivity contribution in [3.8, 4) is 5.75 Å². The minimum atomic E-state index is -0.989. The van der Waals surface area contributed by atoms with Crippen molar-refractivity contribution in [3.05, 3.63) is 76.6 Å². The monoisotopic (exact) mass is 410 g/mol. The van der Waals surface area contributed by atoms with Crippen LogP contribution >= 0.6 is 0 Å².